The van der Waals surface area contributed by atoms with E-state index in [1.165, 1.54) is 0 Å². The molecule has 22 heavy (non-hydrogen) atoms. The maximum Gasteiger partial charge on any atom is 0.0500 e. The van der Waals surface area contributed by atoms with E-state index in [9.17, 15) is 0 Å². The van der Waals surface area contributed by atoms with Gasteiger partial charge in [0, 0.05) is 13.3 Å². The van der Waals surface area contributed by atoms with Crippen LogP contribution in [0.15, 0.2) is 0 Å². The SMILES string of the molecule is C.C.C.C.C.C.CCN(C)CN(C)CC.CN(C)CN(C)C. The van der Waals surface area contributed by atoms with Crippen LogP contribution in [0.2, 0.25) is 0 Å². The van der Waals surface area contributed by atoms with Gasteiger partial charge in [-0.3, -0.25) is 19.6 Å². The lowest BCUT2D eigenvalue weighted by molar-refractivity contribution is 0.196. The van der Waals surface area contributed by atoms with Crippen LogP contribution >= 0.6 is 0 Å². The number of hydrogen-bond donors (Lipinski definition) is 0. The van der Waals surface area contributed by atoms with Crippen molar-refractivity contribution in [3.05, 3.63) is 0 Å². The highest BCUT2D eigenvalue weighted by molar-refractivity contribution is 4.46. The van der Waals surface area contributed by atoms with Crippen LogP contribution in [0.25, 0.3) is 0 Å². The van der Waals surface area contributed by atoms with Crippen molar-refractivity contribution >= 4 is 0 Å². The van der Waals surface area contributed by atoms with E-state index in [2.05, 4.69) is 75.7 Å². The summed E-state index contributed by atoms with van der Waals surface area (Å²) in [7, 11) is 12.5. The lowest BCUT2D eigenvalue weighted by Gasteiger charge is -2.21. The van der Waals surface area contributed by atoms with Crippen LogP contribution < -0.4 is 0 Å². The predicted octanol–water partition coefficient (Wildman–Crippen LogP) is 4.73. The Morgan fingerprint density at radius 1 is 0.455 bits per heavy atom. The normalized spacial score (nSPS) is 8.18. The molecule has 0 aliphatic heterocycles. The molecule has 148 valence electrons. The average Bonchev–Trinajstić information content (AvgIpc) is 2.16. The lowest BCUT2D eigenvalue weighted by Crippen LogP contribution is -2.32. The smallest absolute Gasteiger partial charge is 0.0500 e. The summed E-state index contributed by atoms with van der Waals surface area (Å²) in [4.78, 5) is 8.81. The Hall–Kier alpha value is -0.160. The summed E-state index contributed by atoms with van der Waals surface area (Å²) in [5, 5.41) is 0. The molecule has 0 aromatic heterocycles. The van der Waals surface area contributed by atoms with Gasteiger partial charge in [0.15, 0.2) is 0 Å². The molecule has 0 bridgehead atoms. The average molecular weight is 329 g/mol. The highest BCUT2D eigenvalue weighted by atomic mass is 15.3. The fourth-order valence-corrected chi connectivity index (χ4v) is 1.18. The third-order valence-corrected chi connectivity index (χ3v) is 2.13. The van der Waals surface area contributed by atoms with Crippen molar-refractivity contribution in [1.29, 1.82) is 0 Å². The second-order valence-corrected chi connectivity index (χ2v) is 4.79. The van der Waals surface area contributed by atoms with Crippen molar-refractivity contribution in [2.24, 2.45) is 0 Å². The first-order valence-corrected chi connectivity index (χ1v) is 5.99. The Balaban J connectivity index is -0.0000000237. The Morgan fingerprint density at radius 3 is 0.773 bits per heavy atom. The van der Waals surface area contributed by atoms with Crippen molar-refractivity contribution in [2.45, 2.75) is 58.4 Å². The van der Waals surface area contributed by atoms with Crippen molar-refractivity contribution in [1.82, 2.24) is 19.6 Å². The number of rotatable bonds is 6. The fraction of sp³-hybridized carbons (Fsp3) is 1.00. The maximum atomic E-state index is 2.28. The van der Waals surface area contributed by atoms with E-state index in [1.807, 2.05) is 0 Å². The highest BCUT2D eigenvalue weighted by Gasteiger charge is 1.96. The number of hydrogen-bond acceptors (Lipinski definition) is 4. The molecule has 4 heteroatoms. The summed E-state index contributed by atoms with van der Waals surface area (Å²) < 4.78 is 0. The first kappa shape index (κ1) is 49.5. The monoisotopic (exact) mass is 328 g/mol. The van der Waals surface area contributed by atoms with Crippen LogP contribution in [0.3, 0.4) is 0 Å². The molecule has 0 spiro atoms. The van der Waals surface area contributed by atoms with Crippen LogP contribution in [0, 0.1) is 0 Å². The molecule has 0 amide bonds. The zero-order valence-electron chi connectivity index (χ0n) is 12.6. The predicted molar refractivity (Wildman–Crippen MR) is 114 cm³/mol. The Morgan fingerprint density at radius 2 is 0.682 bits per heavy atom. The van der Waals surface area contributed by atoms with Crippen molar-refractivity contribution in [3.8, 4) is 0 Å². The van der Waals surface area contributed by atoms with Gasteiger partial charge in [0.2, 0.25) is 0 Å². The Labute approximate surface area is 147 Å². The Bertz CT molecular complexity index is 125. The first-order chi connectivity index (χ1) is 7.33. The first-order valence-electron chi connectivity index (χ1n) is 5.99. The van der Waals surface area contributed by atoms with Crippen LogP contribution in [0.1, 0.15) is 58.4 Å². The highest BCUT2D eigenvalue weighted by Crippen LogP contribution is 1.84. The van der Waals surface area contributed by atoms with Gasteiger partial charge in [-0.2, -0.15) is 0 Å². The van der Waals surface area contributed by atoms with Crippen molar-refractivity contribution in [2.75, 3.05) is 68.7 Å². The zero-order valence-corrected chi connectivity index (χ0v) is 12.6. The molecular formula is C18H56N4. The molecule has 0 N–H and O–H groups in total. The van der Waals surface area contributed by atoms with E-state index in [4.69, 9.17) is 0 Å². The summed E-state index contributed by atoms with van der Waals surface area (Å²) in [6, 6.07) is 0. The summed E-state index contributed by atoms with van der Waals surface area (Å²) in [6.07, 6.45) is 0. The van der Waals surface area contributed by atoms with Gasteiger partial charge in [0.25, 0.3) is 0 Å². The molecule has 0 heterocycles. The van der Waals surface area contributed by atoms with Crippen LogP contribution in [0.5, 0.6) is 0 Å². The van der Waals surface area contributed by atoms with Crippen LogP contribution in [0.4, 0.5) is 0 Å². The van der Waals surface area contributed by atoms with E-state index in [1.54, 1.807) is 0 Å². The molecule has 0 aromatic carbocycles. The molecule has 0 aromatic rings. The van der Waals surface area contributed by atoms with Crippen LogP contribution in [-0.2, 0) is 0 Å². The van der Waals surface area contributed by atoms with Gasteiger partial charge in [0.1, 0.15) is 0 Å². The molecule has 0 saturated heterocycles. The third kappa shape index (κ3) is 50.2. The van der Waals surface area contributed by atoms with Gasteiger partial charge in [-0.25, -0.2) is 0 Å². The molecular weight excluding hydrogens is 272 g/mol. The van der Waals surface area contributed by atoms with Gasteiger partial charge < -0.3 is 0 Å². The topological polar surface area (TPSA) is 13.0 Å². The maximum absolute atomic E-state index is 2.28. The molecule has 0 rings (SSSR count). The quantitative estimate of drug-likeness (QED) is 0.653. The minimum absolute atomic E-state index is 0. The molecule has 0 aliphatic rings. The van der Waals surface area contributed by atoms with Gasteiger partial charge in [-0.1, -0.05) is 58.4 Å². The third-order valence-electron chi connectivity index (χ3n) is 2.13. The molecule has 0 fully saturated rings. The largest absolute Gasteiger partial charge is 0.297 e. The summed E-state index contributed by atoms with van der Waals surface area (Å²) in [6.45, 7) is 8.70. The van der Waals surface area contributed by atoms with Crippen molar-refractivity contribution in [3.63, 3.8) is 0 Å². The summed E-state index contributed by atoms with van der Waals surface area (Å²) in [5.41, 5.74) is 0. The molecule has 0 saturated carbocycles. The Kier molecular flexibility index (Phi) is 73.6. The molecule has 0 atom stereocenters. The second kappa shape index (κ2) is 32.7. The molecule has 4 nitrogen and oxygen atoms in total. The number of nitrogens with zero attached hydrogens (tertiary/aromatic N) is 4. The summed E-state index contributed by atoms with van der Waals surface area (Å²) >= 11 is 0. The van der Waals surface area contributed by atoms with E-state index >= 15 is 0 Å². The van der Waals surface area contributed by atoms with E-state index in [0.717, 1.165) is 26.4 Å². The van der Waals surface area contributed by atoms with E-state index < -0.39 is 0 Å². The van der Waals surface area contributed by atoms with E-state index in [0.29, 0.717) is 0 Å². The van der Waals surface area contributed by atoms with Gasteiger partial charge in [-0.05, 0) is 55.4 Å². The van der Waals surface area contributed by atoms with Gasteiger partial charge in [0.05, 0.1) is 0 Å². The minimum atomic E-state index is 0. The molecule has 0 radical (unpaired) electrons. The second-order valence-electron chi connectivity index (χ2n) is 4.79. The fourth-order valence-electron chi connectivity index (χ4n) is 1.18. The summed E-state index contributed by atoms with van der Waals surface area (Å²) in [5.74, 6) is 0. The van der Waals surface area contributed by atoms with Crippen molar-refractivity contribution < 1.29 is 0 Å². The standard InChI is InChI=1S/C7H18N2.C5H14N2.6CH4/c1-5-8(3)7-9(4)6-2;1-6(2)5-7(3)4;;;;;;/h5-7H2,1-4H3;5H2,1-4H3;6*1H4. The van der Waals surface area contributed by atoms with Crippen LogP contribution in [-0.4, -0.2) is 88.3 Å². The lowest BCUT2D eigenvalue weighted by atomic mass is 10.6. The zero-order chi connectivity index (χ0) is 13.1. The molecule has 0 aliphatic carbocycles. The minimum Gasteiger partial charge on any atom is -0.297 e. The van der Waals surface area contributed by atoms with Gasteiger partial charge in [-0.15, -0.1) is 0 Å². The van der Waals surface area contributed by atoms with Gasteiger partial charge >= 0.3 is 0 Å². The van der Waals surface area contributed by atoms with E-state index in [-0.39, 0.29) is 44.6 Å². The molecule has 0 unspecified atom stereocenters.